The lowest BCUT2D eigenvalue weighted by atomic mass is 9.72. The maximum absolute atomic E-state index is 13.0. The van der Waals surface area contributed by atoms with Crippen LogP contribution in [0, 0.1) is 11.3 Å². The van der Waals surface area contributed by atoms with Crippen LogP contribution in [-0.2, 0) is 25.7 Å². The number of rotatable bonds is 4. The van der Waals surface area contributed by atoms with Gasteiger partial charge in [0.1, 0.15) is 0 Å². The van der Waals surface area contributed by atoms with Gasteiger partial charge in [-0.15, -0.1) is 0 Å². The lowest BCUT2D eigenvalue weighted by Crippen LogP contribution is -2.60. The highest BCUT2D eigenvalue weighted by Gasteiger charge is 2.57. The first-order valence-corrected chi connectivity index (χ1v) is 8.34. The number of benzene rings is 1. The van der Waals surface area contributed by atoms with E-state index in [9.17, 15) is 9.59 Å². The standard InChI is InChI=1S/C18H24N2O4/c1-4-23-17(22)14-13-15(19-24-14)18(2,3)11-20(16(13)21)10-12-8-6-5-7-9-12/h5-9,13-15,19H,4,10-11H2,1-3H3/t13-,14+,15+/m0/s1. The summed E-state index contributed by atoms with van der Waals surface area (Å²) in [5.74, 6) is -1.11. The molecule has 0 unspecified atom stereocenters. The van der Waals surface area contributed by atoms with Crippen LogP contribution in [0.2, 0.25) is 0 Å². The molecule has 2 fully saturated rings. The number of carbonyl (C=O) groups is 2. The number of likely N-dealkylation sites (tertiary alicyclic amines) is 1. The SMILES string of the molecule is CCOC(=O)[C@@H]1ON[C@@H]2[C@H]1C(=O)N(Cc1ccccc1)CC2(C)C. The van der Waals surface area contributed by atoms with Crippen molar-refractivity contribution >= 4 is 11.9 Å². The number of esters is 1. The molecule has 3 rings (SSSR count). The van der Waals surface area contributed by atoms with E-state index in [0.29, 0.717) is 13.1 Å². The first kappa shape index (κ1) is 16.9. The zero-order valence-electron chi connectivity index (χ0n) is 14.3. The zero-order valence-corrected chi connectivity index (χ0v) is 14.3. The topological polar surface area (TPSA) is 67.9 Å². The van der Waals surface area contributed by atoms with Crippen LogP contribution in [0.25, 0.3) is 0 Å². The molecule has 0 aromatic heterocycles. The predicted octanol–water partition coefficient (Wildman–Crippen LogP) is 1.51. The van der Waals surface area contributed by atoms with E-state index in [2.05, 4.69) is 19.3 Å². The van der Waals surface area contributed by atoms with E-state index < -0.39 is 18.0 Å². The van der Waals surface area contributed by atoms with E-state index in [1.807, 2.05) is 35.2 Å². The van der Waals surface area contributed by atoms with E-state index in [1.54, 1.807) is 6.92 Å². The molecule has 0 spiro atoms. The highest BCUT2D eigenvalue weighted by atomic mass is 16.7. The molecule has 24 heavy (non-hydrogen) atoms. The number of fused-ring (bicyclic) bond motifs is 1. The van der Waals surface area contributed by atoms with Crippen LogP contribution in [0.3, 0.4) is 0 Å². The minimum Gasteiger partial charge on any atom is -0.464 e. The number of carbonyl (C=O) groups excluding carboxylic acids is 2. The first-order chi connectivity index (χ1) is 11.4. The van der Waals surface area contributed by atoms with E-state index >= 15 is 0 Å². The Labute approximate surface area is 142 Å². The Hall–Kier alpha value is -1.92. The van der Waals surface area contributed by atoms with Gasteiger partial charge < -0.3 is 9.64 Å². The van der Waals surface area contributed by atoms with Crippen LogP contribution in [0.4, 0.5) is 0 Å². The van der Waals surface area contributed by atoms with Crippen molar-refractivity contribution in [1.29, 1.82) is 0 Å². The van der Waals surface area contributed by atoms with Crippen LogP contribution in [0.1, 0.15) is 26.3 Å². The Bertz CT molecular complexity index is 617. The number of hydrogen-bond acceptors (Lipinski definition) is 5. The minimum atomic E-state index is -0.889. The molecule has 3 atom stereocenters. The van der Waals surface area contributed by atoms with Gasteiger partial charge in [0.25, 0.3) is 0 Å². The molecule has 1 aromatic rings. The molecule has 130 valence electrons. The van der Waals surface area contributed by atoms with E-state index in [-0.39, 0.29) is 24.0 Å². The van der Waals surface area contributed by atoms with Crippen molar-refractivity contribution in [3.05, 3.63) is 35.9 Å². The third-order valence-corrected chi connectivity index (χ3v) is 4.78. The van der Waals surface area contributed by atoms with Crippen molar-refractivity contribution in [3.63, 3.8) is 0 Å². The summed E-state index contributed by atoms with van der Waals surface area (Å²) in [6.07, 6.45) is -0.889. The number of ether oxygens (including phenoxy) is 1. The Morgan fingerprint density at radius 2 is 2.08 bits per heavy atom. The van der Waals surface area contributed by atoms with Crippen molar-refractivity contribution in [1.82, 2.24) is 10.4 Å². The second-order valence-corrected chi connectivity index (χ2v) is 7.08. The molecule has 2 aliphatic rings. The van der Waals surface area contributed by atoms with Crippen molar-refractivity contribution < 1.29 is 19.2 Å². The minimum absolute atomic E-state index is 0.0637. The van der Waals surface area contributed by atoms with Gasteiger partial charge in [-0.1, -0.05) is 44.2 Å². The molecule has 1 aromatic carbocycles. The molecule has 0 radical (unpaired) electrons. The molecule has 0 saturated carbocycles. The molecule has 0 aliphatic carbocycles. The quantitative estimate of drug-likeness (QED) is 0.847. The maximum Gasteiger partial charge on any atom is 0.338 e. The van der Waals surface area contributed by atoms with Crippen LogP contribution in [0.15, 0.2) is 30.3 Å². The maximum atomic E-state index is 13.0. The molecular weight excluding hydrogens is 308 g/mol. The molecule has 1 amide bonds. The summed E-state index contributed by atoms with van der Waals surface area (Å²) < 4.78 is 5.07. The summed E-state index contributed by atoms with van der Waals surface area (Å²) in [6.45, 7) is 7.31. The summed E-state index contributed by atoms with van der Waals surface area (Å²) >= 11 is 0. The van der Waals surface area contributed by atoms with Crippen LogP contribution < -0.4 is 5.48 Å². The number of nitrogens with zero attached hydrogens (tertiary/aromatic N) is 1. The lowest BCUT2D eigenvalue weighted by molar-refractivity contribution is -0.163. The van der Waals surface area contributed by atoms with Gasteiger partial charge in [0.15, 0.2) is 6.10 Å². The molecular formula is C18H24N2O4. The molecule has 6 heteroatoms. The fraction of sp³-hybridized carbons (Fsp3) is 0.556. The first-order valence-electron chi connectivity index (χ1n) is 8.34. The average Bonchev–Trinajstić information content (AvgIpc) is 3.00. The van der Waals surface area contributed by atoms with Crippen LogP contribution in [-0.4, -0.2) is 42.1 Å². The number of hydroxylamine groups is 1. The van der Waals surface area contributed by atoms with Crippen molar-refractivity contribution in [3.8, 4) is 0 Å². The lowest BCUT2D eigenvalue weighted by Gasteiger charge is -2.45. The summed E-state index contributed by atoms with van der Waals surface area (Å²) in [5.41, 5.74) is 3.76. The largest absolute Gasteiger partial charge is 0.464 e. The number of piperidine rings is 1. The van der Waals surface area contributed by atoms with Gasteiger partial charge in [0.2, 0.25) is 5.91 Å². The summed E-state index contributed by atoms with van der Waals surface area (Å²) in [7, 11) is 0. The second kappa shape index (κ2) is 6.53. The third kappa shape index (κ3) is 3.03. The number of amides is 1. The van der Waals surface area contributed by atoms with Gasteiger partial charge >= 0.3 is 5.97 Å². The molecule has 1 N–H and O–H groups in total. The Kier molecular flexibility index (Phi) is 4.60. The van der Waals surface area contributed by atoms with Gasteiger partial charge in [-0.3, -0.25) is 9.63 Å². The van der Waals surface area contributed by atoms with E-state index in [0.717, 1.165) is 5.56 Å². The molecule has 2 aliphatic heterocycles. The fourth-order valence-corrected chi connectivity index (χ4v) is 3.62. The van der Waals surface area contributed by atoms with Gasteiger partial charge in [-0.25, -0.2) is 4.79 Å². The highest BCUT2D eigenvalue weighted by molar-refractivity contribution is 5.89. The molecule has 6 nitrogen and oxygen atoms in total. The highest BCUT2D eigenvalue weighted by Crippen LogP contribution is 2.40. The van der Waals surface area contributed by atoms with Gasteiger partial charge in [0, 0.05) is 18.5 Å². The molecule has 2 heterocycles. The Morgan fingerprint density at radius 1 is 1.38 bits per heavy atom. The van der Waals surface area contributed by atoms with Gasteiger partial charge in [-0.2, -0.15) is 5.48 Å². The summed E-state index contributed by atoms with van der Waals surface area (Å²) in [4.78, 5) is 32.4. The van der Waals surface area contributed by atoms with Crippen LogP contribution >= 0.6 is 0 Å². The summed E-state index contributed by atoms with van der Waals surface area (Å²) in [6, 6.07) is 9.66. The van der Waals surface area contributed by atoms with Crippen LogP contribution in [0.5, 0.6) is 0 Å². The zero-order chi connectivity index (χ0) is 17.3. The van der Waals surface area contributed by atoms with Crippen molar-refractivity contribution in [2.45, 2.75) is 39.5 Å². The second-order valence-electron chi connectivity index (χ2n) is 7.08. The van der Waals surface area contributed by atoms with Crippen molar-refractivity contribution in [2.24, 2.45) is 11.3 Å². The van der Waals surface area contributed by atoms with E-state index in [1.165, 1.54) is 0 Å². The molecule has 0 bridgehead atoms. The fourth-order valence-electron chi connectivity index (χ4n) is 3.62. The Morgan fingerprint density at radius 3 is 2.75 bits per heavy atom. The number of hydrogen-bond donors (Lipinski definition) is 1. The third-order valence-electron chi connectivity index (χ3n) is 4.78. The van der Waals surface area contributed by atoms with Gasteiger partial charge in [0.05, 0.1) is 18.6 Å². The monoisotopic (exact) mass is 332 g/mol. The Balaban J connectivity index is 1.84. The normalized spacial score (nSPS) is 28.5. The predicted molar refractivity (Wildman–Crippen MR) is 87.6 cm³/mol. The molecule has 2 saturated heterocycles. The van der Waals surface area contributed by atoms with Gasteiger partial charge in [-0.05, 0) is 12.5 Å². The smallest absolute Gasteiger partial charge is 0.338 e. The average molecular weight is 332 g/mol. The van der Waals surface area contributed by atoms with Crippen molar-refractivity contribution in [2.75, 3.05) is 13.2 Å². The van der Waals surface area contributed by atoms with E-state index in [4.69, 9.17) is 9.57 Å². The summed E-state index contributed by atoms with van der Waals surface area (Å²) in [5, 5.41) is 0. The number of nitrogens with one attached hydrogen (secondary N) is 1.